The van der Waals surface area contributed by atoms with Crippen molar-refractivity contribution in [2.24, 2.45) is 5.92 Å². The van der Waals surface area contributed by atoms with Gasteiger partial charge in [-0.2, -0.15) is 0 Å². The molecule has 112 valence electrons. The number of benzene rings is 1. The first-order valence-corrected chi connectivity index (χ1v) is 7.81. The summed E-state index contributed by atoms with van der Waals surface area (Å²) < 4.78 is 2.53. The molecule has 0 saturated carbocycles. The standard InChI is InChI=1S/C13H14ClIN4O2/c1-7(2)11(6-12(20)21)19-13(16-17-18-19)9-5-8(14)3-4-10(9)15/h3-5,7,11H,6H2,1-2H3,(H,20,21). The Morgan fingerprint density at radius 3 is 2.81 bits per heavy atom. The maximum absolute atomic E-state index is 11.1. The molecule has 1 N–H and O–H groups in total. The van der Waals surface area contributed by atoms with Crippen LogP contribution >= 0.6 is 34.2 Å². The molecule has 0 spiro atoms. The van der Waals surface area contributed by atoms with Crippen LogP contribution in [-0.2, 0) is 4.79 Å². The lowest BCUT2D eigenvalue weighted by Crippen LogP contribution is -2.21. The van der Waals surface area contributed by atoms with Crippen LogP contribution in [0.4, 0.5) is 0 Å². The van der Waals surface area contributed by atoms with E-state index in [1.165, 1.54) is 0 Å². The minimum Gasteiger partial charge on any atom is -0.481 e. The first kappa shape index (κ1) is 16.2. The van der Waals surface area contributed by atoms with Crippen molar-refractivity contribution in [3.05, 3.63) is 26.8 Å². The van der Waals surface area contributed by atoms with Crippen molar-refractivity contribution >= 4 is 40.2 Å². The third kappa shape index (κ3) is 3.70. The smallest absolute Gasteiger partial charge is 0.305 e. The predicted octanol–water partition coefficient (Wildman–Crippen LogP) is 3.27. The molecule has 1 heterocycles. The molecule has 2 aromatic rings. The van der Waals surface area contributed by atoms with Gasteiger partial charge in [-0.15, -0.1) is 5.10 Å². The van der Waals surface area contributed by atoms with E-state index in [9.17, 15) is 4.79 Å². The van der Waals surface area contributed by atoms with Crippen molar-refractivity contribution < 1.29 is 9.90 Å². The summed E-state index contributed by atoms with van der Waals surface area (Å²) in [5, 5.41) is 21.4. The van der Waals surface area contributed by atoms with Crippen LogP contribution in [0.1, 0.15) is 26.3 Å². The molecule has 0 amide bonds. The monoisotopic (exact) mass is 420 g/mol. The second-order valence-corrected chi connectivity index (χ2v) is 6.58. The quantitative estimate of drug-likeness (QED) is 0.751. The van der Waals surface area contributed by atoms with E-state index in [2.05, 4.69) is 38.1 Å². The number of hydrogen-bond donors (Lipinski definition) is 1. The highest BCUT2D eigenvalue weighted by molar-refractivity contribution is 14.1. The Kier molecular flexibility index (Phi) is 5.15. The number of halogens is 2. The summed E-state index contributed by atoms with van der Waals surface area (Å²) in [6, 6.07) is 5.13. The second kappa shape index (κ2) is 6.69. The first-order chi connectivity index (χ1) is 9.90. The van der Waals surface area contributed by atoms with Crippen molar-refractivity contribution in [1.29, 1.82) is 0 Å². The molecule has 21 heavy (non-hydrogen) atoms. The summed E-state index contributed by atoms with van der Waals surface area (Å²) in [7, 11) is 0. The van der Waals surface area contributed by atoms with E-state index >= 15 is 0 Å². The first-order valence-electron chi connectivity index (χ1n) is 6.35. The zero-order chi connectivity index (χ0) is 15.6. The molecule has 0 radical (unpaired) electrons. The average molecular weight is 421 g/mol. The third-order valence-corrected chi connectivity index (χ3v) is 4.31. The second-order valence-electron chi connectivity index (χ2n) is 4.98. The molecular formula is C13H14ClIN4O2. The third-order valence-electron chi connectivity index (χ3n) is 3.13. The molecule has 8 heteroatoms. The lowest BCUT2D eigenvalue weighted by atomic mass is 10.0. The van der Waals surface area contributed by atoms with E-state index in [1.54, 1.807) is 16.8 Å². The maximum atomic E-state index is 11.1. The van der Waals surface area contributed by atoms with Crippen molar-refractivity contribution in [1.82, 2.24) is 20.2 Å². The van der Waals surface area contributed by atoms with Gasteiger partial charge >= 0.3 is 5.97 Å². The maximum Gasteiger partial charge on any atom is 0.305 e. The molecule has 1 atom stereocenters. The number of tetrazole rings is 1. The molecule has 0 aliphatic rings. The normalized spacial score (nSPS) is 12.6. The lowest BCUT2D eigenvalue weighted by Gasteiger charge is -2.20. The number of rotatable bonds is 5. The Bertz CT molecular complexity index is 659. The van der Waals surface area contributed by atoms with Crippen LogP contribution in [-0.4, -0.2) is 31.3 Å². The van der Waals surface area contributed by atoms with E-state index in [0.717, 1.165) is 9.13 Å². The fraction of sp³-hybridized carbons (Fsp3) is 0.385. The molecule has 1 aromatic carbocycles. The zero-order valence-corrected chi connectivity index (χ0v) is 14.4. The highest BCUT2D eigenvalue weighted by atomic mass is 127. The number of carbonyl (C=O) groups is 1. The van der Waals surface area contributed by atoms with Crippen molar-refractivity contribution in [3.8, 4) is 11.4 Å². The SMILES string of the molecule is CC(C)C(CC(=O)O)n1nnnc1-c1cc(Cl)ccc1I. The van der Waals surface area contributed by atoms with Gasteiger partial charge in [0.25, 0.3) is 0 Å². The largest absolute Gasteiger partial charge is 0.481 e. The molecule has 1 unspecified atom stereocenters. The molecule has 0 fully saturated rings. The van der Waals surface area contributed by atoms with Crippen molar-refractivity contribution in [2.45, 2.75) is 26.3 Å². The van der Waals surface area contributed by atoms with Crippen LogP contribution in [0.5, 0.6) is 0 Å². The van der Waals surface area contributed by atoms with Crippen molar-refractivity contribution in [2.75, 3.05) is 0 Å². The van der Waals surface area contributed by atoms with Crippen LogP contribution < -0.4 is 0 Å². The molecule has 0 saturated heterocycles. The number of carboxylic acids is 1. The Morgan fingerprint density at radius 2 is 2.19 bits per heavy atom. The van der Waals surface area contributed by atoms with E-state index in [-0.39, 0.29) is 18.4 Å². The van der Waals surface area contributed by atoms with Crippen LogP contribution in [0.15, 0.2) is 18.2 Å². The van der Waals surface area contributed by atoms with E-state index in [4.69, 9.17) is 16.7 Å². The summed E-state index contributed by atoms with van der Waals surface area (Å²) in [6.07, 6.45) is -0.0349. The highest BCUT2D eigenvalue weighted by Gasteiger charge is 2.25. The Labute approximate surface area is 140 Å². The number of carboxylic acid groups (broad SMARTS) is 1. The molecule has 0 aliphatic carbocycles. The van der Waals surface area contributed by atoms with E-state index < -0.39 is 5.97 Å². The van der Waals surface area contributed by atoms with Gasteiger partial charge < -0.3 is 5.11 Å². The van der Waals surface area contributed by atoms with Crippen molar-refractivity contribution in [3.63, 3.8) is 0 Å². The van der Waals surface area contributed by atoms with Gasteiger partial charge in [0.05, 0.1) is 12.5 Å². The molecule has 0 bridgehead atoms. The fourth-order valence-corrected chi connectivity index (χ4v) is 2.80. The number of nitrogens with zero attached hydrogens (tertiary/aromatic N) is 4. The molecule has 6 nitrogen and oxygen atoms in total. The minimum atomic E-state index is -0.879. The Balaban J connectivity index is 2.50. The summed E-state index contributed by atoms with van der Waals surface area (Å²) in [5.74, 6) is -0.266. The van der Waals surface area contributed by atoms with Crippen LogP contribution in [0.2, 0.25) is 5.02 Å². The van der Waals surface area contributed by atoms with Gasteiger partial charge in [0, 0.05) is 14.2 Å². The van der Waals surface area contributed by atoms with E-state index in [1.807, 2.05) is 19.9 Å². The summed E-state index contributed by atoms with van der Waals surface area (Å²) in [6.45, 7) is 3.89. The van der Waals surface area contributed by atoms with Gasteiger partial charge in [-0.3, -0.25) is 4.79 Å². The fourth-order valence-electron chi connectivity index (χ4n) is 2.05. The number of aliphatic carboxylic acids is 1. The molecular weight excluding hydrogens is 407 g/mol. The highest BCUT2D eigenvalue weighted by Crippen LogP contribution is 2.30. The lowest BCUT2D eigenvalue weighted by molar-refractivity contribution is -0.138. The van der Waals surface area contributed by atoms with Gasteiger partial charge in [-0.1, -0.05) is 25.4 Å². The van der Waals surface area contributed by atoms with Crippen LogP contribution in [0.3, 0.4) is 0 Å². The summed E-state index contributed by atoms with van der Waals surface area (Å²) in [5.41, 5.74) is 0.795. The van der Waals surface area contributed by atoms with Gasteiger partial charge in [-0.25, -0.2) is 4.68 Å². The van der Waals surface area contributed by atoms with Gasteiger partial charge in [0.1, 0.15) is 0 Å². The number of aromatic nitrogens is 4. The van der Waals surface area contributed by atoms with Crippen LogP contribution in [0.25, 0.3) is 11.4 Å². The topological polar surface area (TPSA) is 80.9 Å². The Morgan fingerprint density at radius 1 is 1.48 bits per heavy atom. The van der Waals surface area contributed by atoms with Gasteiger partial charge in [-0.05, 0) is 57.1 Å². The van der Waals surface area contributed by atoms with E-state index in [0.29, 0.717) is 10.8 Å². The van der Waals surface area contributed by atoms with Gasteiger partial charge in [0.2, 0.25) is 0 Å². The predicted molar refractivity (Wildman–Crippen MR) is 87.1 cm³/mol. The van der Waals surface area contributed by atoms with Gasteiger partial charge in [0.15, 0.2) is 5.82 Å². The summed E-state index contributed by atoms with van der Waals surface area (Å²) >= 11 is 8.21. The molecule has 0 aliphatic heterocycles. The zero-order valence-electron chi connectivity index (χ0n) is 11.5. The average Bonchev–Trinajstić information content (AvgIpc) is 2.87. The minimum absolute atomic E-state index is 0.0349. The van der Waals surface area contributed by atoms with Crippen LogP contribution in [0, 0.1) is 9.49 Å². The Hall–Kier alpha value is -1.22. The number of hydrogen-bond acceptors (Lipinski definition) is 4. The molecule has 1 aromatic heterocycles. The molecule has 2 rings (SSSR count). The summed E-state index contributed by atoms with van der Waals surface area (Å²) in [4.78, 5) is 11.1.